The van der Waals surface area contributed by atoms with E-state index in [0.717, 1.165) is 18.2 Å². The third-order valence-corrected chi connectivity index (χ3v) is 5.37. The molecule has 4 heteroatoms. The van der Waals surface area contributed by atoms with Crippen LogP contribution in [0.1, 0.15) is 23.2 Å². The van der Waals surface area contributed by atoms with Crippen LogP contribution in [0, 0.1) is 17.8 Å². The Morgan fingerprint density at radius 3 is 2.74 bits per heavy atom. The van der Waals surface area contributed by atoms with Crippen LogP contribution < -0.4 is 5.32 Å². The molecule has 1 amide bonds. The molecule has 0 spiro atoms. The SMILES string of the molecule is O=C(NC[C@@H]1C[C@@H]2C=C[C@H]1C2)c1cc(-n2cccc2)ccc1Cl. The number of nitrogens with one attached hydrogen (secondary N) is 1. The monoisotopic (exact) mass is 326 g/mol. The largest absolute Gasteiger partial charge is 0.352 e. The van der Waals surface area contributed by atoms with Gasteiger partial charge in [0.05, 0.1) is 10.6 Å². The third kappa shape index (κ3) is 2.81. The molecule has 2 aliphatic carbocycles. The van der Waals surface area contributed by atoms with Crippen molar-refractivity contribution in [2.24, 2.45) is 17.8 Å². The normalized spacial score (nSPS) is 25.0. The average molecular weight is 327 g/mol. The van der Waals surface area contributed by atoms with Crippen LogP contribution in [0.25, 0.3) is 5.69 Å². The topological polar surface area (TPSA) is 34.0 Å². The van der Waals surface area contributed by atoms with Gasteiger partial charge in [-0.25, -0.2) is 0 Å². The number of nitrogens with zero attached hydrogens (tertiary/aromatic N) is 1. The number of fused-ring (bicyclic) bond motifs is 2. The summed E-state index contributed by atoms with van der Waals surface area (Å²) in [6.07, 6.45) is 11.0. The van der Waals surface area contributed by atoms with Crippen molar-refractivity contribution in [2.75, 3.05) is 6.54 Å². The second-order valence-electron chi connectivity index (χ2n) is 6.50. The number of aromatic nitrogens is 1. The predicted molar refractivity (Wildman–Crippen MR) is 92.0 cm³/mol. The number of amides is 1. The lowest BCUT2D eigenvalue weighted by molar-refractivity contribution is 0.0945. The highest BCUT2D eigenvalue weighted by Crippen LogP contribution is 2.43. The summed E-state index contributed by atoms with van der Waals surface area (Å²) >= 11 is 6.23. The van der Waals surface area contributed by atoms with Crippen LogP contribution in [0.4, 0.5) is 0 Å². The zero-order valence-corrected chi connectivity index (χ0v) is 13.5. The summed E-state index contributed by atoms with van der Waals surface area (Å²) in [5.41, 5.74) is 1.48. The van der Waals surface area contributed by atoms with E-state index in [2.05, 4.69) is 17.5 Å². The van der Waals surface area contributed by atoms with E-state index in [9.17, 15) is 4.79 Å². The van der Waals surface area contributed by atoms with Gasteiger partial charge in [-0.1, -0.05) is 23.8 Å². The molecular weight excluding hydrogens is 308 g/mol. The second-order valence-corrected chi connectivity index (χ2v) is 6.91. The maximum absolute atomic E-state index is 12.5. The van der Waals surface area contributed by atoms with E-state index in [0.29, 0.717) is 22.4 Å². The molecule has 2 aliphatic rings. The fourth-order valence-corrected chi connectivity index (χ4v) is 4.01. The number of carbonyl (C=O) groups excluding carboxylic acids is 1. The number of benzene rings is 1. The number of carbonyl (C=O) groups is 1. The van der Waals surface area contributed by atoms with Crippen LogP contribution in [-0.2, 0) is 0 Å². The van der Waals surface area contributed by atoms with Crippen molar-refractivity contribution in [1.82, 2.24) is 9.88 Å². The smallest absolute Gasteiger partial charge is 0.252 e. The van der Waals surface area contributed by atoms with Crippen LogP contribution in [0.2, 0.25) is 5.02 Å². The Bertz CT molecular complexity index is 751. The zero-order valence-electron chi connectivity index (χ0n) is 12.8. The van der Waals surface area contributed by atoms with Crippen molar-refractivity contribution in [3.8, 4) is 5.69 Å². The maximum Gasteiger partial charge on any atom is 0.252 e. The minimum Gasteiger partial charge on any atom is -0.352 e. The lowest BCUT2D eigenvalue weighted by atomic mass is 9.93. The molecule has 0 saturated heterocycles. The minimum atomic E-state index is -0.0873. The van der Waals surface area contributed by atoms with Crippen LogP contribution >= 0.6 is 11.6 Å². The van der Waals surface area contributed by atoms with Crippen LogP contribution in [0.3, 0.4) is 0 Å². The maximum atomic E-state index is 12.5. The zero-order chi connectivity index (χ0) is 15.8. The molecule has 2 aromatic rings. The molecule has 0 unspecified atom stereocenters. The summed E-state index contributed by atoms with van der Waals surface area (Å²) < 4.78 is 1.97. The van der Waals surface area contributed by atoms with Crippen molar-refractivity contribution >= 4 is 17.5 Å². The Balaban J connectivity index is 1.47. The summed E-state index contributed by atoms with van der Waals surface area (Å²) in [6, 6.07) is 9.46. The molecule has 4 rings (SSSR count). The molecular formula is C19H19ClN2O. The molecule has 1 N–H and O–H groups in total. The van der Waals surface area contributed by atoms with E-state index in [1.54, 1.807) is 6.07 Å². The molecule has 0 radical (unpaired) electrons. The van der Waals surface area contributed by atoms with Gasteiger partial charge in [-0.05, 0) is 60.9 Å². The Morgan fingerprint density at radius 1 is 1.22 bits per heavy atom. The lowest BCUT2D eigenvalue weighted by Gasteiger charge is -2.19. The van der Waals surface area contributed by atoms with Gasteiger partial charge in [-0.15, -0.1) is 0 Å². The molecule has 1 saturated carbocycles. The van der Waals surface area contributed by atoms with Gasteiger partial charge in [0.25, 0.3) is 5.91 Å². The quantitative estimate of drug-likeness (QED) is 0.844. The van der Waals surface area contributed by atoms with E-state index >= 15 is 0 Å². The van der Waals surface area contributed by atoms with Crippen molar-refractivity contribution in [3.05, 3.63) is 65.5 Å². The van der Waals surface area contributed by atoms with Crippen molar-refractivity contribution in [1.29, 1.82) is 0 Å². The summed E-state index contributed by atoms with van der Waals surface area (Å²) in [5, 5.41) is 3.56. The summed E-state index contributed by atoms with van der Waals surface area (Å²) in [6.45, 7) is 0.731. The standard InChI is InChI=1S/C19H19ClN2O/c20-18-6-5-16(22-7-1-2-8-22)11-17(18)19(23)21-12-15-10-13-3-4-14(15)9-13/h1-8,11,13-15H,9-10,12H2,(H,21,23)/t13-,14+,15+/m1/s1. The number of halogens is 1. The first-order valence-corrected chi connectivity index (χ1v) is 8.48. The summed E-state index contributed by atoms with van der Waals surface area (Å²) in [5.74, 6) is 1.85. The highest BCUT2D eigenvalue weighted by Gasteiger charge is 2.35. The first-order chi connectivity index (χ1) is 11.2. The van der Waals surface area contributed by atoms with Gasteiger partial charge in [-0.3, -0.25) is 4.79 Å². The van der Waals surface area contributed by atoms with Gasteiger partial charge >= 0.3 is 0 Å². The van der Waals surface area contributed by atoms with E-state index < -0.39 is 0 Å². The van der Waals surface area contributed by atoms with Gasteiger partial charge in [-0.2, -0.15) is 0 Å². The van der Waals surface area contributed by atoms with E-state index in [4.69, 9.17) is 11.6 Å². The van der Waals surface area contributed by atoms with Gasteiger partial charge in [0.2, 0.25) is 0 Å². The van der Waals surface area contributed by atoms with Gasteiger partial charge in [0.1, 0.15) is 0 Å². The molecule has 0 aliphatic heterocycles. The third-order valence-electron chi connectivity index (χ3n) is 5.04. The van der Waals surface area contributed by atoms with Crippen LogP contribution in [0.5, 0.6) is 0 Å². The average Bonchev–Trinajstić information content (AvgIpc) is 3.30. The molecule has 3 nitrogen and oxygen atoms in total. The first kappa shape index (κ1) is 14.6. The first-order valence-electron chi connectivity index (χ1n) is 8.10. The fraction of sp³-hybridized carbons (Fsp3) is 0.316. The number of hydrogen-bond acceptors (Lipinski definition) is 1. The Labute approximate surface area is 141 Å². The fourth-order valence-electron chi connectivity index (χ4n) is 3.80. The van der Waals surface area contributed by atoms with E-state index in [1.807, 2.05) is 41.2 Å². The predicted octanol–water partition coefficient (Wildman–Crippen LogP) is 4.07. The number of hydrogen-bond donors (Lipinski definition) is 1. The second kappa shape index (κ2) is 5.89. The minimum absolute atomic E-state index is 0.0873. The molecule has 118 valence electrons. The Kier molecular flexibility index (Phi) is 3.74. The van der Waals surface area contributed by atoms with Crippen molar-refractivity contribution < 1.29 is 4.79 Å². The van der Waals surface area contributed by atoms with Gasteiger partial charge in [0.15, 0.2) is 0 Å². The van der Waals surface area contributed by atoms with Crippen molar-refractivity contribution in [2.45, 2.75) is 12.8 Å². The molecule has 2 bridgehead atoms. The number of rotatable bonds is 4. The van der Waals surface area contributed by atoms with Crippen LogP contribution in [0.15, 0.2) is 54.9 Å². The Hall–Kier alpha value is -2.00. The highest BCUT2D eigenvalue weighted by atomic mass is 35.5. The van der Waals surface area contributed by atoms with E-state index in [-0.39, 0.29) is 5.91 Å². The lowest BCUT2D eigenvalue weighted by Crippen LogP contribution is -2.31. The molecule has 1 aromatic heterocycles. The molecule has 3 atom stereocenters. The highest BCUT2D eigenvalue weighted by molar-refractivity contribution is 6.33. The van der Waals surface area contributed by atoms with Gasteiger partial charge < -0.3 is 9.88 Å². The molecule has 1 aromatic carbocycles. The number of allylic oxidation sites excluding steroid dienone is 2. The molecule has 1 fully saturated rings. The van der Waals surface area contributed by atoms with E-state index in [1.165, 1.54) is 12.8 Å². The van der Waals surface area contributed by atoms with Gasteiger partial charge in [0, 0.05) is 24.6 Å². The molecule has 1 heterocycles. The molecule has 23 heavy (non-hydrogen) atoms. The van der Waals surface area contributed by atoms with Crippen molar-refractivity contribution in [3.63, 3.8) is 0 Å². The summed E-state index contributed by atoms with van der Waals surface area (Å²) in [4.78, 5) is 12.5. The summed E-state index contributed by atoms with van der Waals surface area (Å²) in [7, 11) is 0. The Morgan fingerprint density at radius 2 is 2.04 bits per heavy atom. The van der Waals surface area contributed by atoms with Crippen LogP contribution in [-0.4, -0.2) is 17.0 Å².